The van der Waals surface area contributed by atoms with Gasteiger partial charge in [0.15, 0.2) is 5.82 Å². The summed E-state index contributed by atoms with van der Waals surface area (Å²) in [6.45, 7) is 6.43. The summed E-state index contributed by atoms with van der Waals surface area (Å²) >= 11 is 0. The van der Waals surface area contributed by atoms with Crippen LogP contribution in [0, 0.1) is 20.8 Å². The third-order valence-electron chi connectivity index (χ3n) is 4.47. The number of nitrogens with two attached hydrogens (primary N) is 1. The molecule has 0 saturated heterocycles. The number of anilines is 1. The molecule has 0 radical (unpaired) electrons. The normalized spacial score (nSPS) is 12.3. The zero-order valence-corrected chi connectivity index (χ0v) is 16.4. The van der Waals surface area contributed by atoms with Gasteiger partial charge in [0.25, 0.3) is 0 Å². The molecule has 0 unspecified atom stereocenters. The maximum Gasteiger partial charge on any atom is 0.233 e. The van der Waals surface area contributed by atoms with Crippen LogP contribution in [0.15, 0.2) is 35.7 Å². The molecule has 0 bridgehead atoms. The first-order chi connectivity index (χ1) is 12.8. The molecule has 0 aliphatic carbocycles. The van der Waals surface area contributed by atoms with Gasteiger partial charge in [-0.25, -0.2) is 23.1 Å². The van der Waals surface area contributed by atoms with Crippen LogP contribution in [0.2, 0.25) is 0 Å². The van der Waals surface area contributed by atoms with Crippen molar-refractivity contribution in [1.82, 2.24) is 19.3 Å². The van der Waals surface area contributed by atoms with E-state index in [0.717, 1.165) is 28.2 Å². The van der Waals surface area contributed by atoms with Crippen molar-refractivity contribution in [3.63, 3.8) is 0 Å². The van der Waals surface area contributed by atoms with E-state index in [1.807, 2.05) is 55.7 Å². The molecule has 0 aliphatic rings. The number of pyridine rings is 1. The van der Waals surface area contributed by atoms with Crippen molar-refractivity contribution < 1.29 is 8.42 Å². The molecule has 3 N–H and O–H groups in total. The van der Waals surface area contributed by atoms with Gasteiger partial charge in [0.1, 0.15) is 11.3 Å². The largest absolute Gasteiger partial charge is 0.382 e. The van der Waals surface area contributed by atoms with Crippen LogP contribution in [0.25, 0.3) is 17.1 Å². The van der Waals surface area contributed by atoms with Crippen molar-refractivity contribution in [1.29, 1.82) is 0 Å². The van der Waals surface area contributed by atoms with Gasteiger partial charge in [-0.3, -0.25) is 0 Å². The van der Waals surface area contributed by atoms with Crippen molar-refractivity contribution in [3.8, 4) is 0 Å². The highest BCUT2D eigenvalue weighted by atomic mass is 32.2. The molecule has 0 atom stereocenters. The molecular weight excluding hydrogens is 362 g/mol. The van der Waals surface area contributed by atoms with Crippen LogP contribution in [-0.2, 0) is 16.6 Å². The highest BCUT2D eigenvalue weighted by Gasteiger charge is 2.15. The Morgan fingerprint density at radius 1 is 1.15 bits per heavy atom. The number of rotatable bonds is 6. The lowest BCUT2D eigenvalue weighted by Gasteiger charge is -2.10. The first-order valence-electron chi connectivity index (χ1n) is 8.61. The topological polar surface area (TPSA) is 103 Å². The Hall–Kier alpha value is -2.71. The van der Waals surface area contributed by atoms with Crippen LogP contribution >= 0.6 is 0 Å². The predicted molar refractivity (Wildman–Crippen MR) is 109 cm³/mol. The lowest BCUT2D eigenvalue weighted by Crippen LogP contribution is -2.25. The van der Waals surface area contributed by atoms with Gasteiger partial charge < -0.3 is 10.3 Å². The Morgan fingerprint density at radius 3 is 2.56 bits per heavy atom. The van der Waals surface area contributed by atoms with Crippen LogP contribution in [-0.4, -0.2) is 29.5 Å². The predicted octanol–water partition coefficient (Wildman–Crippen LogP) is 2.53. The van der Waals surface area contributed by atoms with E-state index in [4.69, 9.17) is 5.73 Å². The number of aryl methyl sites for hydroxylation is 3. The van der Waals surface area contributed by atoms with E-state index in [0.29, 0.717) is 17.9 Å². The van der Waals surface area contributed by atoms with Gasteiger partial charge in [0, 0.05) is 24.2 Å². The molecule has 2 aromatic heterocycles. The maximum absolute atomic E-state index is 12.2. The fraction of sp³-hybridized carbons (Fsp3) is 0.263. The average Bonchev–Trinajstić information content (AvgIpc) is 2.96. The van der Waals surface area contributed by atoms with E-state index in [9.17, 15) is 8.42 Å². The van der Waals surface area contributed by atoms with Gasteiger partial charge in [-0.2, -0.15) is 0 Å². The van der Waals surface area contributed by atoms with E-state index in [1.54, 1.807) is 6.08 Å². The van der Waals surface area contributed by atoms with Gasteiger partial charge in [-0.1, -0.05) is 30.3 Å². The SMILES string of the molecule is Cc1nc(N)c2nc(C)n(CCNS(=O)(=O)/C=C/c3ccccc3)c2c1C. The molecule has 142 valence electrons. The van der Waals surface area contributed by atoms with Crippen LogP contribution < -0.4 is 10.5 Å². The Bertz CT molecular complexity index is 1100. The number of aromatic nitrogens is 3. The van der Waals surface area contributed by atoms with Gasteiger partial charge in [0.05, 0.1) is 5.52 Å². The molecule has 3 aromatic rings. The zero-order valence-electron chi connectivity index (χ0n) is 15.6. The fourth-order valence-corrected chi connectivity index (χ4v) is 3.77. The number of fused-ring (bicyclic) bond motifs is 1. The Morgan fingerprint density at radius 2 is 1.85 bits per heavy atom. The minimum atomic E-state index is -3.53. The molecule has 0 aliphatic heterocycles. The molecule has 2 heterocycles. The summed E-state index contributed by atoms with van der Waals surface area (Å²) in [5.41, 5.74) is 10.2. The third kappa shape index (κ3) is 4.17. The van der Waals surface area contributed by atoms with Crippen molar-refractivity contribution in [2.75, 3.05) is 12.3 Å². The van der Waals surface area contributed by atoms with Crippen LogP contribution in [0.3, 0.4) is 0 Å². The van der Waals surface area contributed by atoms with Gasteiger partial charge in [0.2, 0.25) is 10.0 Å². The number of hydrogen-bond acceptors (Lipinski definition) is 5. The summed E-state index contributed by atoms with van der Waals surface area (Å²) in [6, 6.07) is 9.29. The smallest absolute Gasteiger partial charge is 0.233 e. The standard InChI is InChI=1S/C19H23N5O2S/c1-13-14(2)22-19(20)17-18(13)24(15(3)23-17)11-10-21-27(25,26)12-9-16-7-5-4-6-8-16/h4-9,12,21H,10-11H2,1-3H3,(H2,20,22)/b12-9+. The quantitative estimate of drug-likeness (QED) is 0.679. The number of nitrogens with zero attached hydrogens (tertiary/aromatic N) is 3. The van der Waals surface area contributed by atoms with Crippen molar-refractivity contribution >= 4 is 33.0 Å². The maximum atomic E-state index is 12.2. The third-order valence-corrected chi connectivity index (χ3v) is 5.57. The minimum Gasteiger partial charge on any atom is -0.382 e. The number of benzene rings is 1. The second-order valence-corrected chi connectivity index (χ2v) is 8.02. The molecule has 3 rings (SSSR count). The van der Waals surface area contributed by atoms with Crippen molar-refractivity contribution in [2.24, 2.45) is 0 Å². The monoisotopic (exact) mass is 385 g/mol. The van der Waals surface area contributed by atoms with E-state index >= 15 is 0 Å². The summed E-state index contributed by atoms with van der Waals surface area (Å²) in [5.74, 6) is 1.16. The lowest BCUT2D eigenvalue weighted by molar-refractivity contribution is 0.581. The Labute approximate surface area is 159 Å². The van der Waals surface area contributed by atoms with E-state index in [-0.39, 0.29) is 6.54 Å². The van der Waals surface area contributed by atoms with E-state index < -0.39 is 10.0 Å². The first-order valence-corrected chi connectivity index (χ1v) is 10.2. The summed E-state index contributed by atoms with van der Waals surface area (Å²) < 4.78 is 29.0. The fourth-order valence-electron chi connectivity index (χ4n) is 2.97. The van der Waals surface area contributed by atoms with Crippen molar-refractivity contribution in [2.45, 2.75) is 27.3 Å². The summed E-state index contributed by atoms with van der Waals surface area (Å²) in [6.07, 6.45) is 1.57. The molecule has 0 fully saturated rings. The number of sulfonamides is 1. The Kier molecular flexibility index (Phi) is 5.29. The second-order valence-electron chi connectivity index (χ2n) is 6.37. The summed E-state index contributed by atoms with van der Waals surface area (Å²) in [7, 11) is -3.53. The highest BCUT2D eigenvalue weighted by molar-refractivity contribution is 7.92. The second kappa shape index (κ2) is 7.50. The van der Waals surface area contributed by atoms with Crippen LogP contribution in [0.5, 0.6) is 0 Å². The Balaban J connectivity index is 1.76. The van der Waals surface area contributed by atoms with Gasteiger partial charge >= 0.3 is 0 Å². The number of hydrogen-bond donors (Lipinski definition) is 2. The average molecular weight is 385 g/mol. The number of nitrogen functional groups attached to an aromatic ring is 1. The zero-order chi connectivity index (χ0) is 19.6. The van der Waals surface area contributed by atoms with E-state index in [1.165, 1.54) is 5.41 Å². The number of nitrogens with one attached hydrogen (secondary N) is 1. The molecular formula is C19H23N5O2S. The molecule has 0 amide bonds. The van der Waals surface area contributed by atoms with Gasteiger partial charge in [-0.15, -0.1) is 0 Å². The van der Waals surface area contributed by atoms with Crippen LogP contribution in [0.1, 0.15) is 22.6 Å². The highest BCUT2D eigenvalue weighted by Crippen LogP contribution is 2.25. The molecule has 27 heavy (non-hydrogen) atoms. The van der Waals surface area contributed by atoms with Gasteiger partial charge in [-0.05, 0) is 38.0 Å². The molecule has 0 spiro atoms. The molecule has 0 saturated carbocycles. The van der Waals surface area contributed by atoms with Crippen molar-refractivity contribution in [3.05, 3.63) is 58.4 Å². The lowest BCUT2D eigenvalue weighted by atomic mass is 10.2. The summed E-state index contributed by atoms with van der Waals surface area (Å²) in [4.78, 5) is 8.80. The number of imidazole rings is 1. The molecule has 8 heteroatoms. The first kappa shape index (κ1) is 19.1. The minimum absolute atomic E-state index is 0.245. The summed E-state index contributed by atoms with van der Waals surface area (Å²) in [5, 5.41) is 1.18. The van der Waals surface area contributed by atoms with Crippen LogP contribution in [0.4, 0.5) is 5.82 Å². The molecule has 7 nitrogen and oxygen atoms in total. The van der Waals surface area contributed by atoms with E-state index in [2.05, 4.69) is 14.7 Å². The molecule has 1 aromatic carbocycles.